The summed E-state index contributed by atoms with van der Waals surface area (Å²) in [5.41, 5.74) is 1.12. The minimum atomic E-state index is -2.43. The number of unbranched alkanes of at least 4 members (excludes halogenated alkanes) is 6. The molecule has 0 atom stereocenters. The monoisotopic (exact) mass is 733 g/mol. The van der Waals surface area contributed by atoms with Crippen LogP contribution in [0.4, 0.5) is 0 Å². The Labute approximate surface area is 257 Å². The number of hydrogen-bond donors (Lipinski definition) is 0. The van der Waals surface area contributed by atoms with Crippen molar-refractivity contribution >= 4 is 8.80 Å². The van der Waals surface area contributed by atoms with Gasteiger partial charge in [-0.05, 0) is 17.8 Å². The van der Waals surface area contributed by atoms with Crippen LogP contribution < -0.4 is 0 Å². The Hall–Kier alpha value is 0.265. The first kappa shape index (κ1) is 45.3. The summed E-state index contributed by atoms with van der Waals surface area (Å²) in [6.45, 7) is 24.9. The van der Waals surface area contributed by atoms with Crippen LogP contribution in [0.25, 0.3) is 0 Å². The molecule has 230 valence electrons. The minimum Gasteiger partial charge on any atom is -0.377 e. The van der Waals surface area contributed by atoms with E-state index in [-0.39, 0.29) is 21.1 Å². The van der Waals surface area contributed by atoms with E-state index >= 15 is 0 Å². The molecule has 5 heteroatoms. The van der Waals surface area contributed by atoms with E-state index in [1.54, 1.807) is 21.3 Å². The summed E-state index contributed by atoms with van der Waals surface area (Å²) in [6, 6.07) is 0.701. The third kappa shape index (κ3) is 34.3. The number of allylic oxidation sites excluding steroid dienone is 4. The fraction of sp³-hybridized carbons (Fsp3) is 0.788. The van der Waals surface area contributed by atoms with Gasteiger partial charge in [0.15, 0.2) is 0 Å². The van der Waals surface area contributed by atoms with E-state index < -0.39 is 8.80 Å². The second kappa shape index (κ2) is 33.5. The smallest absolute Gasteiger partial charge is 0.377 e. The third-order valence-corrected chi connectivity index (χ3v) is 8.63. The first-order valence-corrected chi connectivity index (χ1v) is 16.8. The van der Waals surface area contributed by atoms with Crippen LogP contribution in [0.1, 0.15) is 125 Å². The normalized spacial score (nSPS) is 12.2. The largest absolute Gasteiger partial charge is 4.00 e. The molecule has 0 saturated heterocycles. The zero-order valence-electron chi connectivity index (χ0n) is 26.9. The average molecular weight is 734 g/mol. The van der Waals surface area contributed by atoms with Gasteiger partial charge in [0.25, 0.3) is 0 Å². The Balaban J connectivity index is -0.000000207. The topological polar surface area (TPSA) is 27.7 Å². The number of rotatable bonds is 17. The summed E-state index contributed by atoms with van der Waals surface area (Å²) < 4.78 is 15.9. The summed E-state index contributed by atoms with van der Waals surface area (Å²) in [5, 5.41) is 0. The van der Waals surface area contributed by atoms with Crippen molar-refractivity contribution in [3.8, 4) is 0 Å². The van der Waals surface area contributed by atoms with Crippen LogP contribution in [0.15, 0.2) is 17.7 Å². The van der Waals surface area contributed by atoms with Crippen LogP contribution >= 0.6 is 0 Å². The Morgan fingerprint density at radius 2 is 1.03 bits per heavy atom. The van der Waals surface area contributed by atoms with Crippen molar-refractivity contribution in [2.24, 2.45) is 17.8 Å². The maximum Gasteiger partial charge on any atom is 4.00 e. The molecule has 3 nitrogen and oxygen atoms in total. The van der Waals surface area contributed by atoms with Gasteiger partial charge >= 0.3 is 29.9 Å². The summed E-state index contributed by atoms with van der Waals surface area (Å²) in [4.78, 5) is 0. The standard InChI is InChI=1S/C9H15O3Si.3C8H17.Pt/c1-10-13(11-2,12-3)8-9-6-4-5-7-9;3*1-4-5-6-7-8(2)3;/h4,6H,5,8H2,1-3H3;3*8H,1,4-7H2,2-3H3;/q4*-1;+4. The van der Waals surface area contributed by atoms with Crippen molar-refractivity contribution in [2.75, 3.05) is 21.3 Å². The molecule has 0 spiro atoms. The van der Waals surface area contributed by atoms with Crippen molar-refractivity contribution in [3.05, 3.63) is 44.6 Å². The molecule has 0 unspecified atom stereocenters. The van der Waals surface area contributed by atoms with E-state index in [1.807, 2.05) is 6.08 Å². The Morgan fingerprint density at radius 1 is 0.684 bits per heavy atom. The first-order valence-electron chi connectivity index (χ1n) is 14.9. The minimum absolute atomic E-state index is 0. The zero-order chi connectivity index (χ0) is 29.0. The molecule has 0 amide bonds. The van der Waals surface area contributed by atoms with Gasteiger partial charge < -0.3 is 34.0 Å². The summed E-state index contributed by atoms with van der Waals surface area (Å²) in [6.07, 6.45) is 23.6. The van der Waals surface area contributed by atoms with Crippen LogP contribution in [-0.2, 0) is 34.3 Å². The van der Waals surface area contributed by atoms with E-state index in [4.69, 9.17) is 13.3 Å². The van der Waals surface area contributed by atoms with Crippen LogP contribution in [-0.4, -0.2) is 30.1 Å². The molecular formula is C33H66O3PtSi. The molecule has 0 bridgehead atoms. The Morgan fingerprint density at radius 3 is 1.24 bits per heavy atom. The van der Waals surface area contributed by atoms with Gasteiger partial charge in [-0.3, -0.25) is 6.08 Å². The van der Waals surface area contributed by atoms with Gasteiger partial charge in [0, 0.05) is 27.4 Å². The fourth-order valence-corrected chi connectivity index (χ4v) is 5.10. The zero-order valence-corrected chi connectivity index (χ0v) is 30.2. The molecule has 0 aliphatic heterocycles. The summed E-state index contributed by atoms with van der Waals surface area (Å²) in [7, 11) is 2.44. The predicted octanol–water partition coefficient (Wildman–Crippen LogP) is 10.7. The van der Waals surface area contributed by atoms with Gasteiger partial charge in [-0.25, -0.2) is 11.6 Å². The van der Waals surface area contributed by atoms with Crippen molar-refractivity contribution in [2.45, 2.75) is 131 Å². The van der Waals surface area contributed by atoms with Gasteiger partial charge in [-0.1, -0.05) is 99.3 Å². The third-order valence-electron chi connectivity index (χ3n) is 5.95. The quantitative estimate of drug-likeness (QED) is 0.0846. The molecule has 0 aromatic heterocycles. The molecule has 0 saturated carbocycles. The summed E-state index contributed by atoms with van der Waals surface area (Å²) >= 11 is 0. The van der Waals surface area contributed by atoms with Crippen LogP contribution in [0.2, 0.25) is 6.04 Å². The molecule has 0 N–H and O–H groups in total. The molecule has 38 heavy (non-hydrogen) atoms. The second-order valence-electron chi connectivity index (χ2n) is 11.0. The molecule has 0 heterocycles. The van der Waals surface area contributed by atoms with Crippen LogP contribution in [0.3, 0.4) is 0 Å². The van der Waals surface area contributed by atoms with Crippen molar-refractivity contribution in [3.63, 3.8) is 0 Å². The molecule has 1 aliphatic rings. The molecule has 0 fully saturated rings. The van der Waals surface area contributed by atoms with E-state index in [2.05, 4.69) is 74.5 Å². The van der Waals surface area contributed by atoms with Crippen LogP contribution in [0, 0.1) is 44.6 Å². The van der Waals surface area contributed by atoms with Crippen LogP contribution in [0.5, 0.6) is 0 Å². The average Bonchev–Trinajstić information content (AvgIpc) is 3.37. The van der Waals surface area contributed by atoms with Crippen molar-refractivity contribution in [1.82, 2.24) is 0 Å². The molecule has 1 rings (SSSR count). The van der Waals surface area contributed by atoms with Gasteiger partial charge in [-0.15, -0.1) is 6.42 Å². The Kier molecular flexibility index (Phi) is 39.9. The summed E-state index contributed by atoms with van der Waals surface area (Å²) in [5.74, 6) is 2.63. The number of hydrogen-bond acceptors (Lipinski definition) is 3. The molecule has 0 radical (unpaired) electrons. The molecule has 0 aromatic rings. The SMILES string of the molecule is CO[Si](CC1=[C-]CC=C1)(OC)OC.[CH2-]CCCCC(C)C.[CH2-]CCCCC(C)C.[CH2-]CCCCC(C)C.[Pt+4]. The van der Waals surface area contributed by atoms with E-state index in [0.29, 0.717) is 6.04 Å². The van der Waals surface area contributed by atoms with Gasteiger partial charge in [0.2, 0.25) is 0 Å². The maximum absolute atomic E-state index is 5.30. The maximum atomic E-state index is 5.30. The van der Waals surface area contributed by atoms with Crippen molar-refractivity contribution in [1.29, 1.82) is 0 Å². The molecular weight excluding hydrogens is 668 g/mol. The van der Waals surface area contributed by atoms with Gasteiger partial charge in [0.05, 0.1) is 0 Å². The molecule has 1 aliphatic carbocycles. The first-order chi connectivity index (χ1) is 17.6. The van der Waals surface area contributed by atoms with E-state index in [0.717, 1.165) is 49.0 Å². The van der Waals surface area contributed by atoms with Gasteiger partial charge in [0.1, 0.15) is 0 Å². The second-order valence-corrected chi connectivity index (χ2v) is 14.0. The van der Waals surface area contributed by atoms with E-state index in [9.17, 15) is 0 Å². The predicted molar refractivity (Wildman–Crippen MR) is 168 cm³/mol. The van der Waals surface area contributed by atoms with E-state index in [1.165, 1.54) is 57.8 Å². The Bertz CT molecular complexity index is 459. The van der Waals surface area contributed by atoms with Gasteiger partial charge in [-0.2, -0.15) is 25.3 Å². The molecule has 0 aromatic carbocycles. The van der Waals surface area contributed by atoms with Crippen molar-refractivity contribution < 1.29 is 34.3 Å². The fourth-order valence-electron chi connectivity index (χ4n) is 3.46.